The van der Waals surface area contributed by atoms with E-state index in [2.05, 4.69) is 12.6 Å². The van der Waals surface area contributed by atoms with E-state index in [4.69, 9.17) is 4.74 Å². The van der Waals surface area contributed by atoms with Gasteiger partial charge in [-0.05, 0) is 23.8 Å². The zero-order valence-electron chi connectivity index (χ0n) is 7.84. The van der Waals surface area contributed by atoms with Crippen molar-refractivity contribution in [3.63, 3.8) is 0 Å². The molecule has 0 radical (unpaired) electrons. The van der Waals surface area contributed by atoms with Crippen LogP contribution in [0.3, 0.4) is 0 Å². The van der Waals surface area contributed by atoms with Crippen LogP contribution in [-0.4, -0.2) is 12.4 Å². The summed E-state index contributed by atoms with van der Waals surface area (Å²) in [5.74, 6) is -0.278. The van der Waals surface area contributed by atoms with Crippen LogP contribution in [0.2, 0.25) is 0 Å². The first kappa shape index (κ1) is 11.3. The monoisotopic (exact) mass is 218 g/mol. The van der Waals surface area contributed by atoms with Gasteiger partial charge in [-0.15, -0.1) is 0 Å². The van der Waals surface area contributed by atoms with Crippen LogP contribution in [0.5, 0.6) is 5.75 Å². The molecule has 1 rings (SSSR count). The second-order valence-electron chi connectivity index (χ2n) is 3.17. The molecule has 0 N–H and O–H groups in total. The van der Waals surface area contributed by atoms with E-state index in [9.17, 15) is 8.78 Å². The SMILES string of the molecule is CC(CS)COc1ccc(F)cc1F. The van der Waals surface area contributed by atoms with Gasteiger partial charge in [-0.3, -0.25) is 0 Å². The lowest BCUT2D eigenvalue weighted by atomic mass is 10.2. The largest absolute Gasteiger partial charge is 0.490 e. The lowest BCUT2D eigenvalue weighted by molar-refractivity contribution is 0.261. The highest BCUT2D eigenvalue weighted by Crippen LogP contribution is 2.18. The number of hydrogen-bond acceptors (Lipinski definition) is 2. The summed E-state index contributed by atoms with van der Waals surface area (Å²) >= 11 is 4.07. The fraction of sp³-hybridized carbons (Fsp3) is 0.400. The number of ether oxygens (including phenoxy) is 1. The van der Waals surface area contributed by atoms with Crippen LogP contribution < -0.4 is 4.74 Å². The van der Waals surface area contributed by atoms with Crippen LogP contribution in [0.1, 0.15) is 6.92 Å². The van der Waals surface area contributed by atoms with E-state index in [0.717, 1.165) is 6.07 Å². The van der Waals surface area contributed by atoms with Crippen molar-refractivity contribution in [2.24, 2.45) is 5.92 Å². The van der Waals surface area contributed by atoms with Gasteiger partial charge in [-0.1, -0.05) is 6.92 Å². The molecule has 1 nitrogen and oxygen atoms in total. The van der Waals surface area contributed by atoms with Gasteiger partial charge in [0.15, 0.2) is 11.6 Å². The zero-order valence-corrected chi connectivity index (χ0v) is 8.73. The molecular weight excluding hydrogens is 206 g/mol. The molecule has 0 aliphatic heterocycles. The third kappa shape index (κ3) is 3.18. The molecule has 0 fully saturated rings. The summed E-state index contributed by atoms with van der Waals surface area (Å²) in [5.41, 5.74) is 0. The molecule has 78 valence electrons. The van der Waals surface area contributed by atoms with Gasteiger partial charge in [-0.2, -0.15) is 12.6 Å². The van der Waals surface area contributed by atoms with Crippen molar-refractivity contribution in [1.29, 1.82) is 0 Å². The first-order valence-corrected chi connectivity index (χ1v) is 4.95. The van der Waals surface area contributed by atoms with Crippen molar-refractivity contribution < 1.29 is 13.5 Å². The topological polar surface area (TPSA) is 9.23 Å². The fourth-order valence-corrected chi connectivity index (χ4v) is 0.982. The van der Waals surface area contributed by atoms with Gasteiger partial charge in [0.25, 0.3) is 0 Å². The molecule has 1 aromatic carbocycles. The Kier molecular flexibility index (Phi) is 4.20. The van der Waals surface area contributed by atoms with Crippen molar-refractivity contribution in [3.8, 4) is 5.75 Å². The Bertz CT molecular complexity index is 304. The van der Waals surface area contributed by atoms with E-state index in [1.165, 1.54) is 12.1 Å². The molecule has 1 aromatic rings. The van der Waals surface area contributed by atoms with Gasteiger partial charge in [0.1, 0.15) is 5.82 Å². The number of rotatable bonds is 4. The Morgan fingerprint density at radius 2 is 2.14 bits per heavy atom. The summed E-state index contributed by atoms with van der Waals surface area (Å²) in [7, 11) is 0. The first-order valence-electron chi connectivity index (χ1n) is 4.32. The van der Waals surface area contributed by atoms with E-state index in [1.54, 1.807) is 0 Å². The minimum Gasteiger partial charge on any atom is -0.490 e. The second-order valence-corrected chi connectivity index (χ2v) is 3.54. The lowest BCUT2D eigenvalue weighted by Gasteiger charge is -2.10. The van der Waals surface area contributed by atoms with Gasteiger partial charge in [-0.25, -0.2) is 8.78 Å². The molecule has 0 saturated carbocycles. The number of hydrogen-bond donors (Lipinski definition) is 1. The van der Waals surface area contributed by atoms with E-state index in [-0.39, 0.29) is 11.7 Å². The maximum Gasteiger partial charge on any atom is 0.167 e. The van der Waals surface area contributed by atoms with Gasteiger partial charge >= 0.3 is 0 Å². The van der Waals surface area contributed by atoms with Crippen LogP contribution in [0, 0.1) is 17.6 Å². The predicted molar refractivity (Wildman–Crippen MR) is 54.9 cm³/mol. The molecule has 1 atom stereocenters. The molecule has 0 aliphatic carbocycles. The van der Waals surface area contributed by atoms with Crippen LogP contribution in [0.25, 0.3) is 0 Å². The Morgan fingerprint density at radius 1 is 1.43 bits per heavy atom. The minimum atomic E-state index is -0.670. The van der Waals surface area contributed by atoms with Crippen LogP contribution in [-0.2, 0) is 0 Å². The molecule has 0 amide bonds. The first-order chi connectivity index (χ1) is 6.63. The zero-order chi connectivity index (χ0) is 10.6. The molecule has 0 heterocycles. The Labute approximate surface area is 87.5 Å². The third-order valence-electron chi connectivity index (χ3n) is 1.73. The highest BCUT2D eigenvalue weighted by molar-refractivity contribution is 7.80. The van der Waals surface area contributed by atoms with Crippen molar-refractivity contribution in [3.05, 3.63) is 29.8 Å². The lowest BCUT2D eigenvalue weighted by Crippen LogP contribution is -2.10. The van der Waals surface area contributed by atoms with Crippen molar-refractivity contribution in [2.75, 3.05) is 12.4 Å². The van der Waals surface area contributed by atoms with Crippen LogP contribution in [0.15, 0.2) is 18.2 Å². The molecule has 0 spiro atoms. The fourth-order valence-electron chi connectivity index (χ4n) is 0.877. The molecule has 0 bridgehead atoms. The highest BCUT2D eigenvalue weighted by Gasteiger charge is 2.06. The Hall–Kier alpha value is -0.770. The van der Waals surface area contributed by atoms with Crippen LogP contribution in [0.4, 0.5) is 8.78 Å². The van der Waals surface area contributed by atoms with E-state index < -0.39 is 11.6 Å². The highest BCUT2D eigenvalue weighted by atomic mass is 32.1. The quantitative estimate of drug-likeness (QED) is 0.764. The average molecular weight is 218 g/mol. The summed E-state index contributed by atoms with van der Waals surface area (Å²) in [5, 5.41) is 0. The van der Waals surface area contributed by atoms with Gasteiger partial charge in [0.05, 0.1) is 6.61 Å². The van der Waals surface area contributed by atoms with Gasteiger partial charge in [0.2, 0.25) is 0 Å². The summed E-state index contributed by atoms with van der Waals surface area (Å²) in [6.07, 6.45) is 0. The third-order valence-corrected chi connectivity index (χ3v) is 2.35. The maximum absolute atomic E-state index is 13.0. The summed E-state index contributed by atoms with van der Waals surface area (Å²) in [6.45, 7) is 2.32. The van der Waals surface area contributed by atoms with Gasteiger partial charge in [0, 0.05) is 6.07 Å². The van der Waals surface area contributed by atoms with Gasteiger partial charge < -0.3 is 4.74 Å². The van der Waals surface area contributed by atoms with Crippen molar-refractivity contribution >= 4 is 12.6 Å². The standard InChI is InChI=1S/C10H12F2OS/c1-7(6-14)5-13-10-3-2-8(11)4-9(10)12/h2-4,7,14H,5-6H2,1H3. The van der Waals surface area contributed by atoms with E-state index in [1.807, 2.05) is 6.92 Å². The maximum atomic E-state index is 13.0. The van der Waals surface area contributed by atoms with Crippen molar-refractivity contribution in [1.82, 2.24) is 0 Å². The average Bonchev–Trinajstić information content (AvgIpc) is 2.16. The predicted octanol–water partition coefficient (Wildman–Crippen LogP) is 2.91. The minimum absolute atomic E-state index is 0.0834. The Balaban J connectivity index is 2.59. The normalized spacial score (nSPS) is 12.6. The number of benzene rings is 1. The van der Waals surface area contributed by atoms with Crippen molar-refractivity contribution in [2.45, 2.75) is 6.92 Å². The molecule has 4 heteroatoms. The summed E-state index contributed by atoms with van der Waals surface area (Å²) in [4.78, 5) is 0. The molecule has 0 aromatic heterocycles. The molecule has 14 heavy (non-hydrogen) atoms. The Morgan fingerprint density at radius 3 is 2.71 bits per heavy atom. The molecular formula is C10H12F2OS. The second kappa shape index (κ2) is 5.20. The molecule has 0 aliphatic rings. The summed E-state index contributed by atoms with van der Waals surface area (Å²) in [6, 6.07) is 3.26. The number of thiol groups is 1. The smallest absolute Gasteiger partial charge is 0.167 e. The summed E-state index contributed by atoms with van der Waals surface area (Å²) < 4.78 is 30.7. The molecule has 0 saturated heterocycles. The number of halogens is 2. The molecule has 1 unspecified atom stereocenters. The van der Waals surface area contributed by atoms with E-state index >= 15 is 0 Å². The van der Waals surface area contributed by atoms with E-state index in [0.29, 0.717) is 12.4 Å². The van der Waals surface area contributed by atoms with Crippen LogP contribution >= 0.6 is 12.6 Å².